The van der Waals surface area contributed by atoms with Gasteiger partial charge in [0.05, 0.1) is 13.2 Å². The number of aliphatic imine (C=N–C) groups is 1. The van der Waals surface area contributed by atoms with Crippen molar-refractivity contribution in [2.24, 2.45) is 16.3 Å². The molecule has 6 nitrogen and oxygen atoms in total. The van der Waals surface area contributed by atoms with Gasteiger partial charge in [-0.3, -0.25) is 4.99 Å². The quantitative estimate of drug-likeness (QED) is 0.389. The Morgan fingerprint density at radius 2 is 2.05 bits per heavy atom. The first-order valence-corrected chi connectivity index (χ1v) is 7.87. The van der Waals surface area contributed by atoms with Crippen LogP contribution in [0.3, 0.4) is 0 Å². The molecule has 1 unspecified atom stereocenters. The Labute approximate surface area is 150 Å². The maximum atomic E-state index is 9.73. The smallest absolute Gasteiger partial charge is 0.193 e. The van der Waals surface area contributed by atoms with Gasteiger partial charge in [0.15, 0.2) is 5.96 Å². The standard InChI is InChI=1S/C15H29N3O3.HI/c1-16-14(18(2)9-13-3-6-21-10-13)17-11-15(12-19)4-7-20-8-5-15;/h13,19H,3-12H2,1-2H3,(H,16,17);1H. The molecule has 0 saturated carbocycles. The highest BCUT2D eigenvalue weighted by atomic mass is 127. The second-order valence-electron chi connectivity index (χ2n) is 6.28. The van der Waals surface area contributed by atoms with Crippen LogP contribution in [0.25, 0.3) is 0 Å². The zero-order valence-corrected chi connectivity index (χ0v) is 16.0. The van der Waals surface area contributed by atoms with Gasteiger partial charge in [0, 0.05) is 58.3 Å². The highest BCUT2D eigenvalue weighted by Crippen LogP contribution is 2.29. The summed E-state index contributed by atoms with van der Waals surface area (Å²) in [6.07, 6.45) is 2.92. The van der Waals surface area contributed by atoms with Gasteiger partial charge in [-0.05, 0) is 19.3 Å². The summed E-state index contributed by atoms with van der Waals surface area (Å²) in [6, 6.07) is 0. The monoisotopic (exact) mass is 427 g/mol. The topological polar surface area (TPSA) is 66.3 Å². The number of hydrogen-bond acceptors (Lipinski definition) is 4. The molecule has 7 heteroatoms. The maximum Gasteiger partial charge on any atom is 0.193 e. The van der Waals surface area contributed by atoms with Crippen LogP contribution in [0.2, 0.25) is 0 Å². The molecule has 2 heterocycles. The number of ether oxygens (including phenoxy) is 2. The first-order chi connectivity index (χ1) is 10.2. The summed E-state index contributed by atoms with van der Waals surface area (Å²) >= 11 is 0. The Morgan fingerprint density at radius 3 is 2.59 bits per heavy atom. The minimum Gasteiger partial charge on any atom is -0.396 e. The van der Waals surface area contributed by atoms with E-state index < -0.39 is 0 Å². The van der Waals surface area contributed by atoms with Crippen LogP contribution in [0.5, 0.6) is 0 Å². The normalized spacial score (nSPS) is 24.7. The molecular weight excluding hydrogens is 397 g/mol. The summed E-state index contributed by atoms with van der Waals surface area (Å²) in [4.78, 5) is 6.51. The summed E-state index contributed by atoms with van der Waals surface area (Å²) in [7, 11) is 3.86. The number of nitrogens with zero attached hydrogens (tertiary/aromatic N) is 2. The summed E-state index contributed by atoms with van der Waals surface area (Å²) in [6.45, 7) is 5.07. The van der Waals surface area contributed by atoms with Crippen molar-refractivity contribution >= 4 is 29.9 Å². The molecule has 22 heavy (non-hydrogen) atoms. The highest BCUT2D eigenvalue weighted by molar-refractivity contribution is 14.0. The van der Waals surface area contributed by atoms with Crippen molar-refractivity contribution < 1.29 is 14.6 Å². The zero-order chi connectivity index (χ0) is 15.1. The van der Waals surface area contributed by atoms with Gasteiger partial charge < -0.3 is 24.8 Å². The minimum absolute atomic E-state index is 0. The molecule has 0 aromatic heterocycles. The lowest BCUT2D eigenvalue weighted by Gasteiger charge is -2.37. The number of halogens is 1. The van der Waals surface area contributed by atoms with Gasteiger partial charge in [-0.25, -0.2) is 0 Å². The summed E-state index contributed by atoms with van der Waals surface area (Å²) in [5.74, 6) is 1.48. The number of aliphatic hydroxyl groups excluding tert-OH is 1. The molecule has 0 bridgehead atoms. The van der Waals surface area contributed by atoms with Gasteiger partial charge in [-0.15, -0.1) is 24.0 Å². The number of nitrogens with one attached hydrogen (secondary N) is 1. The Morgan fingerprint density at radius 1 is 1.32 bits per heavy atom. The van der Waals surface area contributed by atoms with E-state index in [0.29, 0.717) is 5.92 Å². The lowest BCUT2D eigenvalue weighted by molar-refractivity contribution is -0.0134. The average molecular weight is 427 g/mol. The number of hydrogen-bond donors (Lipinski definition) is 2. The average Bonchev–Trinajstić information content (AvgIpc) is 3.01. The highest BCUT2D eigenvalue weighted by Gasteiger charge is 2.32. The Bertz CT molecular complexity index is 343. The summed E-state index contributed by atoms with van der Waals surface area (Å²) in [5.41, 5.74) is -0.0779. The van der Waals surface area contributed by atoms with Crippen LogP contribution in [0.1, 0.15) is 19.3 Å². The molecule has 0 aliphatic carbocycles. The maximum absolute atomic E-state index is 9.73. The Hall–Kier alpha value is -0.120. The van der Waals surface area contributed by atoms with Crippen molar-refractivity contribution in [3.63, 3.8) is 0 Å². The number of aliphatic hydroxyl groups is 1. The van der Waals surface area contributed by atoms with Crippen LogP contribution >= 0.6 is 24.0 Å². The van der Waals surface area contributed by atoms with E-state index >= 15 is 0 Å². The zero-order valence-electron chi connectivity index (χ0n) is 13.7. The lowest BCUT2D eigenvalue weighted by atomic mass is 9.81. The molecule has 0 radical (unpaired) electrons. The predicted molar refractivity (Wildman–Crippen MR) is 97.9 cm³/mol. The fourth-order valence-corrected chi connectivity index (χ4v) is 3.05. The van der Waals surface area contributed by atoms with Gasteiger partial charge in [0.2, 0.25) is 0 Å². The van der Waals surface area contributed by atoms with E-state index in [4.69, 9.17) is 9.47 Å². The van der Waals surface area contributed by atoms with E-state index in [2.05, 4.69) is 22.3 Å². The minimum atomic E-state index is -0.0779. The van der Waals surface area contributed by atoms with Crippen LogP contribution in [0, 0.1) is 11.3 Å². The van der Waals surface area contributed by atoms with Crippen molar-refractivity contribution in [2.45, 2.75) is 19.3 Å². The van der Waals surface area contributed by atoms with Gasteiger partial charge in [-0.2, -0.15) is 0 Å². The van der Waals surface area contributed by atoms with E-state index in [1.54, 1.807) is 7.05 Å². The summed E-state index contributed by atoms with van der Waals surface area (Å²) < 4.78 is 10.8. The molecule has 2 fully saturated rings. The van der Waals surface area contributed by atoms with Gasteiger partial charge in [0.25, 0.3) is 0 Å². The van der Waals surface area contributed by atoms with Crippen molar-refractivity contribution in [1.82, 2.24) is 10.2 Å². The SMILES string of the molecule is CN=C(NCC1(CO)CCOCC1)N(C)CC1CCOC1.I. The van der Waals surface area contributed by atoms with Gasteiger partial charge in [-0.1, -0.05) is 0 Å². The molecule has 0 aromatic carbocycles. The predicted octanol–water partition coefficient (Wildman–Crippen LogP) is 0.937. The molecule has 2 aliphatic rings. The second-order valence-corrected chi connectivity index (χ2v) is 6.28. The van der Waals surface area contributed by atoms with Crippen molar-refractivity contribution in [3.05, 3.63) is 0 Å². The van der Waals surface area contributed by atoms with E-state index in [-0.39, 0.29) is 36.0 Å². The lowest BCUT2D eigenvalue weighted by Crippen LogP contribution is -2.48. The molecule has 0 aromatic rings. The van der Waals surface area contributed by atoms with E-state index in [9.17, 15) is 5.11 Å². The fourth-order valence-electron chi connectivity index (χ4n) is 3.05. The molecule has 130 valence electrons. The third kappa shape index (κ3) is 5.50. The molecular formula is C15H30IN3O3. The van der Waals surface area contributed by atoms with Crippen molar-refractivity contribution in [2.75, 3.05) is 60.2 Å². The first kappa shape index (κ1) is 19.9. The molecule has 2 N–H and O–H groups in total. The molecule has 0 amide bonds. The molecule has 0 spiro atoms. The molecule has 2 aliphatic heterocycles. The Kier molecular flexibility index (Phi) is 8.96. The van der Waals surface area contributed by atoms with Crippen LogP contribution in [-0.4, -0.2) is 76.2 Å². The molecule has 2 saturated heterocycles. The first-order valence-electron chi connectivity index (χ1n) is 7.87. The van der Waals surface area contributed by atoms with Crippen LogP contribution in [-0.2, 0) is 9.47 Å². The second kappa shape index (κ2) is 9.89. The number of rotatable bonds is 5. The van der Waals surface area contributed by atoms with Gasteiger partial charge in [0.1, 0.15) is 0 Å². The van der Waals surface area contributed by atoms with Gasteiger partial charge >= 0.3 is 0 Å². The third-order valence-electron chi connectivity index (χ3n) is 4.64. The van der Waals surface area contributed by atoms with E-state index in [0.717, 1.165) is 64.7 Å². The van der Waals surface area contributed by atoms with Crippen LogP contribution in [0.15, 0.2) is 4.99 Å². The summed E-state index contributed by atoms with van der Waals surface area (Å²) in [5, 5.41) is 13.2. The van der Waals surface area contributed by atoms with E-state index in [1.807, 2.05) is 0 Å². The van der Waals surface area contributed by atoms with Crippen molar-refractivity contribution in [3.8, 4) is 0 Å². The van der Waals surface area contributed by atoms with Crippen LogP contribution < -0.4 is 5.32 Å². The number of guanidine groups is 1. The third-order valence-corrected chi connectivity index (χ3v) is 4.64. The molecule has 1 atom stereocenters. The fraction of sp³-hybridized carbons (Fsp3) is 0.933. The largest absolute Gasteiger partial charge is 0.396 e. The Balaban J connectivity index is 0.00000242. The van der Waals surface area contributed by atoms with Crippen molar-refractivity contribution in [1.29, 1.82) is 0 Å². The molecule has 2 rings (SSSR count). The van der Waals surface area contributed by atoms with E-state index in [1.165, 1.54) is 0 Å². The van der Waals surface area contributed by atoms with Crippen LogP contribution in [0.4, 0.5) is 0 Å².